The van der Waals surface area contributed by atoms with Gasteiger partial charge in [-0.2, -0.15) is 0 Å². The second kappa shape index (κ2) is 13.1. The molecule has 0 heterocycles. The number of rotatable bonds is 12. The summed E-state index contributed by atoms with van der Waals surface area (Å²) in [6.07, 6.45) is 22.0. The van der Waals surface area contributed by atoms with Crippen molar-refractivity contribution >= 4 is 11.8 Å². The first-order valence-electron chi connectivity index (χ1n) is 9.29. The van der Waals surface area contributed by atoms with Crippen molar-refractivity contribution in [2.24, 2.45) is 11.8 Å². The molecule has 2 N–H and O–H groups in total. The zero-order valence-corrected chi connectivity index (χ0v) is 15.5. The molecule has 3 atom stereocenters. The van der Waals surface area contributed by atoms with Crippen molar-refractivity contribution < 1.29 is 19.8 Å². The molecule has 0 spiro atoms. The van der Waals surface area contributed by atoms with Gasteiger partial charge in [0.25, 0.3) is 0 Å². The summed E-state index contributed by atoms with van der Waals surface area (Å²) in [6.45, 7) is 2.10. The van der Waals surface area contributed by atoms with Gasteiger partial charge in [-0.1, -0.05) is 61.6 Å². The monoisotopic (exact) mass is 358 g/mol. The van der Waals surface area contributed by atoms with Gasteiger partial charge >= 0.3 is 5.97 Å². The van der Waals surface area contributed by atoms with E-state index >= 15 is 0 Å². The Kier molecular flexibility index (Phi) is 11.0. The zero-order chi connectivity index (χ0) is 19.2. The van der Waals surface area contributed by atoms with E-state index in [0.29, 0.717) is 19.3 Å². The average molecular weight is 358 g/mol. The number of carbonyl (C=O) groups excluding carboxylic acids is 1. The van der Waals surface area contributed by atoms with Gasteiger partial charge in [0.15, 0.2) is 5.78 Å². The van der Waals surface area contributed by atoms with Crippen molar-refractivity contribution in [2.75, 3.05) is 0 Å². The third-order valence-electron chi connectivity index (χ3n) is 4.17. The van der Waals surface area contributed by atoms with Crippen LogP contribution in [0, 0.1) is 11.8 Å². The first-order valence-corrected chi connectivity index (χ1v) is 9.29. The zero-order valence-electron chi connectivity index (χ0n) is 15.5. The summed E-state index contributed by atoms with van der Waals surface area (Å²) >= 11 is 0. The molecule has 4 nitrogen and oxygen atoms in total. The highest BCUT2D eigenvalue weighted by Crippen LogP contribution is 2.27. The minimum atomic E-state index is -0.825. The molecule has 0 saturated carbocycles. The number of carbonyl (C=O) groups is 2. The van der Waals surface area contributed by atoms with Gasteiger partial charge in [-0.25, -0.2) is 0 Å². The molecule has 1 rings (SSSR count). The summed E-state index contributed by atoms with van der Waals surface area (Å²) < 4.78 is 0. The molecule has 0 aromatic carbocycles. The van der Waals surface area contributed by atoms with E-state index in [4.69, 9.17) is 5.11 Å². The van der Waals surface area contributed by atoms with Gasteiger partial charge in [-0.3, -0.25) is 9.59 Å². The van der Waals surface area contributed by atoms with Gasteiger partial charge < -0.3 is 10.2 Å². The van der Waals surface area contributed by atoms with E-state index in [1.165, 1.54) is 0 Å². The molecule has 1 aliphatic rings. The number of hydrogen-bond donors (Lipinski definition) is 2. The third-order valence-corrected chi connectivity index (χ3v) is 4.17. The average Bonchev–Trinajstić information content (AvgIpc) is 2.95. The number of ketones is 1. The van der Waals surface area contributed by atoms with Crippen LogP contribution in [0.25, 0.3) is 0 Å². The van der Waals surface area contributed by atoms with Crippen molar-refractivity contribution in [1.82, 2.24) is 0 Å². The highest BCUT2D eigenvalue weighted by Gasteiger charge is 2.27. The molecule has 0 aromatic rings. The van der Waals surface area contributed by atoms with E-state index in [0.717, 1.165) is 12.8 Å². The molecular weight excluding hydrogens is 328 g/mol. The lowest BCUT2D eigenvalue weighted by molar-refractivity contribution is -0.136. The highest BCUT2D eigenvalue weighted by molar-refractivity contribution is 5.95. The first kappa shape index (κ1) is 21.8. The largest absolute Gasteiger partial charge is 0.481 e. The van der Waals surface area contributed by atoms with E-state index in [1.54, 1.807) is 24.3 Å². The minimum absolute atomic E-state index is 0.0176. The number of carboxylic acid groups (broad SMARTS) is 1. The molecule has 0 saturated heterocycles. The number of allylic oxidation sites excluding steroid dienone is 8. The molecular formula is C22H30O4. The van der Waals surface area contributed by atoms with Gasteiger partial charge in [0.05, 0.1) is 6.10 Å². The maximum absolute atomic E-state index is 12.0. The molecule has 142 valence electrons. The number of aliphatic hydroxyl groups excluding tert-OH is 1. The van der Waals surface area contributed by atoms with Crippen LogP contribution in [-0.2, 0) is 9.59 Å². The third kappa shape index (κ3) is 9.33. The maximum Gasteiger partial charge on any atom is 0.303 e. The van der Waals surface area contributed by atoms with Gasteiger partial charge in [0.1, 0.15) is 0 Å². The Bertz CT molecular complexity index is 581. The summed E-state index contributed by atoms with van der Waals surface area (Å²) in [5.41, 5.74) is 0. The quantitative estimate of drug-likeness (QED) is 0.507. The molecule has 26 heavy (non-hydrogen) atoms. The van der Waals surface area contributed by atoms with Crippen LogP contribution < -0.4 is 0 Å². The molecule has 0 bridgehead atoms. The molecule has 0 aromatic heterocycles. The van der Waals surface area contributed by atoms with Crippen molar-refractivity contribution in [3.8, 4) is 0 Å². The van der Waals surface area contributed by atoms with Gasteiger partial charge in [-0.05, 0) is 38.2 Å². The van der Waals surface area contributed by atoms with Crippen LogP contribution in [0.3, 0.4) is 0 Å². The number of aliphatic hydroxyl groups is 1. The summed E-state index contributed by atoms with van der Waals surface area (Å²) in [5.74, 6) is -0.759. The summed E-state index contributed by atoms with van der Waals surface area (Å²) in [5, 5.41) is 18.5. The van der Waals surface area contributed by atoms with E-state index in [2.05, 4.69) is 31.2 Å². The number of aliphatic carboxylic acids is 1. The fraction of sp³-hybridized carbons (Fsp3) is 0.455. The SMILES string of the molecule is CC/C=C\C/C=C\C[C@@H]1C(=O)C=C[C@H]1/C=C/[C@H](O)C/C=C\CCC(=O)O. The molecule has 0 fully saturated rings. The van der Waals surface area contributed by atoms with Crippen LogP contribution in [0.4, 0.5) is 0 Å². The van der Waals surface area contributed by atoms with Crippen LogP contribution in [0.15, 0.2) is 60.8 Å². The Balaban J connectivity index is 2.41. The van der Waals surface area contributed by atoms with Crippen LogP contribution >= 0.6 is 0 Å². The Labute approximate surface area is 156 Å². The van der Waals surface area contributed by atoms with Crippen molar-refractivity contribution in [2.45, 2.75) is 51.6 Å². The Morgan fingerprint density at radius 1 is 1.19 bits per heavy atom. The summed E-state index contributed by atoms with van der Waals surface area (Å²) in [7, 11) is 0. The van der Waals surface area contributed by atoms with E-state index in [-0.39, 0.29) is 24.0 Å². The van der Waals surface area contributed by atoms with Crippen molar-refractivity contribution in [3.05, 3.63) is 60.8 Å². The fourth-order valence-corrected chi connectivity index (χ4v) is 2.70. The molecule has 0 radical (unpaired) electrons. The second-order valence-electron chi connectivity index (χ2n) is 6.36. The maximum atomic E-state index is 12.0. The van der Waals surface area contributed by atoms with E-state index in [1.807, 2.05) is 12.2 Å². The van der Waals surface area contributed by atoms with Gasteiger partial charge in [0.2, 0.25) is 0 Å². The standard InChI is InChI=1S/C22H30O4/c1-2-3-4-5-6-9-12-20-18(15-17-21(20)24)14-16-19(23)11-8-7-10-13-22(25)26/h3-4,6-9,14-20,23H,2,5,10-13H2,1H3,(H,25,26)/b4-3-,8-7-,9-6-,16-14+/t18-,19-,20+/m1/s1. The molecule has 1 aliphatic carbocycles. The van der Waals surface area contributed by atoms with Crippen LogP contribution in [-0.4, -0.2) is 28.1 Å². The predicted molar refractivity (Wildman–Crippen MR) is 105 cm³/mol. The van der Waals surface area contributed by atoms with Crippen LogP contribution in [0.1, 0.15) is 45.4 Å². The van der Waals surface area contributed by atoms with Crippen LogP contribution in [0.2, 0.25) is 0 Å². The van der Waals surface area contributed by atoms with E-state index < -0.39 is 12.1 Å². The number of carboxylic acids is 1. The molecule has 0 aliphatic heterocycles. The minimum Gasteiger partial charge on any atom is -0.481 e. The fourth-order valence-electron chi connectivity index (χ4n) is 2.70. The smallest absolute Gasteiger partial charge is 0.303 e. The topological polar surface area (TPSA) is 74.6 Å². The van der Waals surface area contributed by atoms with Crippen molar-refractivity contribution in [3.63, 3.8) is 0 Å². The lowest BCUT2D eigenvalue weighted by Crippen LogP contribution is -2.14. The molecule has 0 amide bonds. The van der Waals surface area contributed by atoms with Gasteiger partial charge in [-0.15, -0.1) is 0 Å². The highest BCUT2D eigenvalue weighted by atomic mass is 16.4. The normalized spacial score (nSPS) is 21.8. The molecule has 0 unspecified atom stereocenters. The van der Waals surface area contributed by atoms with Gasteiger partial charge in [0, 0.05) is 18.3 Å². The number of hydrogen-bond acceptors (Lipinski definition) is 3. The Morgan fingerprint density at radius 2 is 1.96 bits per heavy atom. The summed E-state index contributed by atoms with van der Waals surface area (Å²) in [6, 6.07) is 0. The Hall–Kier alpha value is -2.20. The summed E-state index contributed by atoms with van der Waals surface area (Å²) in [4.78, 5) is 22.4. The Morgan fingerprint density at radius 3 is 2.69 bits per heavy atom. The predicted octanol–water partition coefficient (Wildman–Crippen LogP) is 4.39. The lowest BCUT2D eigenvalue weighted by atomic mass is 9.90. The van der Waals surface area contributed by atoms with Crippen molar-refractivity contribution in [1.29, 1.82) is 0 Å². The molecule has 4 heteroatoms. The second-order valence-corrected chi connectivity index (χ2v) is 6.36. The van der Waals surface area contributed by atoms with E-state index in [9.17, 15) is 14.7 Å². The van der Waals surface area contributed by atoms with Crippen LogP contribution in [0.5, 0.6) is 0 Å². The lowest BCUT2D eigenvalue weighted by Gasteiger charge is -2.13. The first-order chi connectivity index (χ1) is 12.5.